The lowest BCUT2D eigenvalue weighted by molar-refractivity contribution is -0.371. The molecule has 1 aromatic rings. The number of ether oxygens (including phenoxy) is 4. The molecule has 30 heavy (non-hydrogen) atoms. The van der Waals surface area contributed by atoms with Gasteiger partial charge in [-0.15, -0.1) is 6.58 Å². The van der Waals surface area contributed by atoms with Crippen molar-refractivity contribution in [1.82, 2.24) is 5.32 Å². The summed E-state index contributed by atoms with van der Waals surface area (Å²) in [5.41, 5.74) is 0.752. The number of hydrogen-bond acceptors (Lipinski definition) is 7. The maximum atomic E-state index is 12.2. The Bertz CT molecular complexity index is 747. The van der Waals surface area contributed by atoms with Crippen LogP contribution in [0.4, 0.5) is 4.79 Å². The normalized spacial score (nSPS) is 34.0. The highest BCUT2D eigenvalue weighted by molar-refractivity contribution is 6.67. The molecule has 2 heterocycles. The van der Waals surface area contributed by atoms with Crippen molar-refractivity contribution >= 4 is 40.9 Å². The predicted octanol–water partition coefficient (Wildman–Crippen LogP) is 2.59. The minimum atomic E-state index is -1.98. The fraction of sp³-hybridized carbons (Fsp3) is 0.526. The number of fused-ring (bicyclic) bond motifs is 1. The van der Waals surface area contributed by atoms with Crippen molar-refractivity contribution in [3.8, 4) is 0 Å². The summed E-state index contributed by atoms with van der Waals surface area (Å²) in [7, 11) is 0. The quantitative estimate of drug-likeness (QED) is 0.437. The lowest BCUT2D eigenvalue weighted by Gasteiger charge is -2.51. The van der Waals surface area contributed by atoms with Gasteiger partial charge >= 0.3 is 6.09 Å². The first-order valence-corrected chi connectivity index (χ1v) is 10.3. The van der Waals surface area contributed by atoms with Crippen LogP contribution in [0.15, 0.2) is 43.0 Å². The molecule has 2 fully saturated rings. The molecule has 0 radical (unpaired) electrons. The number of halogens is 3. The van der Waals surface area contributed by atoms with Crippen LogP contribution >= 0.6 is 34.8 Å². The van der Waals surface area contributed by atoms with Crippen LogP contribution in [-0.4, -0.2) is 63.5 Å². The zero-order valence-corrected chi connectivity index (χ0v) is 18.0. The zero-order chi connectivity index (χ0) is 21.9. The number of aliphatic hydroxyl groups excluding tert-OH is 1. The highest BCUT2D eigenvalue weighted by atomic mass is 35.6. The minimum absolute atomic E-state index is 0.0607. The highest BCUT2D eigenvalue weighted by Gasteiger charge is 2.56. The summed E-state index contributed by atoms with van der Waals surface area (Å²) in [5, 5.41) is 24.3. The second kappa shape index (κ2) is 9.58. The first-order valence-electron chi connectivity index (χ1n) is 9.14. The van der Waals surface area contributed by atoms with E-state index in [0.717, 1.165) is 5.56 Å². The van der Waals surface area contributed by atoms with Gasteiger partial charge in [-0.05, 0) is 0 Å². The molecule has 6 atom stereocenters. The maximum Gasteiger partial charge on any atom is 0.407 e. The van der Waals surface area contributed by atoms with Crippen molar-refractivity contribution in [3.05, 3.63) is 48.6 Å². The highest BCUT2D eigenvalue weighted by Crippen LogP contribution is 2.38. The van der Waals surface area contributed by atoms with Crippen LogP contribution in [0.25, 0.3) is 0 Å². The van der Waals surface area contributed by atoms with E-state index in [2.05, 4.69) is 11.9 Å². The number of alkyl halides is 3. The Kier molecular flexibility index (Phi) is 7.53. The molecule has 0 saturated carbocycles. The third-order valence-corrected chi connectivity index (χ3v) is 5.05. The Balaban J connectivity index is 1.76. The van der Waals surface area contributed by atoms with E-state index < -0.39 is 52.9 Å². The fourth-order valence-corrected chi connectivity index (χ4v) is 3.58. The Morgan fingerprint density at radius 2 is 2.07 bits per heavy atom. The van der Waals surface area contributed by atoms with Crippen LogP contribution in [0.1, 0.15) is 18.3 Å². The molecule has 1 unspecified atom stereocenters. The number of nitrogens with one attached hydrogen (secondary N) is 1. The minimum Gasteiger partial charge on any atom is -0.445 e. The fourth-order valence-electron chi connectivity index (χ4n) is 3.42. The van der Waals surface area contributed by atoms with Crippen molar-refractivity contribution in [2.45, 2.75) is 46.6 Å². The summed E-state index contributed by atoms with van der Waals surface area (Å²) < 4.78 is 20.4. The first-order chi connectivity index (χ1) is 14.1. The number of carbonyl (C=O) groups is 1. The summed E-state index contributed by atoms with van der Waals surface area (Å²) in [6.45, 7) is 3.12. The molecular formula is C19H22Cl3NO7. The van der Waals surface area contributed by atoms with Crippen LogP contribution < -0.4 is 5.32 Å². The van der Waals surface area contributed by atoms with E-state index >= 15 is 0 Å². The smallest absolute Gasteiger partial charge is 0.407 e. The van der Waals surface area contributed by atoms with Crippen LogP contribution in [0.5, 0.6) is 0 Å². The SMILES string of the molecule is C=CC[C@]1(O)O[C@@H]2COC(c3ccccc3)O[C@H]2[C@H](O)[C@H]1NC(=O)OCC(Cl)(Cl)Cl. The molecule has 8 nitrogen and oxygen atoms in total. The van der Waals surface area contributed by atoms with Gasteiger partial charge in [0.1, 0.15) is 31.0 Å². The van der Waals surface area contributed by atoms with E-state index in [1.54, 1.807) is 0 Å². The Morgan fingerprint density at radius 3 is 2.70 bits per heavy atom. The standard InChI is InChI=1S/C19H22Cl3NO7/c1-2-8-18(26)15(23-17(25)28-10-19(20,21)22)13(24)14-12(30-18)9-27-16(29-14)11-6-4-3-5-7-11/h2-7,12-16,24,26H,1,8-10H2,(H,23,25)/t12-,13+,14-,15-,16?,18+/m1/s1. The first kappa shape index (κ1) is 23.6. The molecular weight excluding hydrogens is 461 g/mol. The predicted molar refractivity (Wildman–Crippen MR) is 109 cm³/mol. The lowest BCUT2D eigenvalue weighted by atomic mass is 9.88. The van der Waals surface area contributed by atoms with E-state index in [1.165, 1.54) is 6.08 Å². The second-order valence-corrected chi connectivity index (χ2v) is 9.49. The summed E-state index contributed by atoms with van der Waals surface area (Å²) in [6.07, 6.45) is -3.48. The third-order valence-electron chi connectivity index (χ3n) is 4.73. The second-order valence-electron chi connectivity index (χ2n) is 6.97. The van der Waals surface area contributed by atoms with Gasteiger partial charge in [0.05, 0.1) is 6.61 Å². The van der Waals surface area contributed by atoms with E-state index in [9.17, 15) is 15.0 Å². The number of alkyl carbamates (subject to hydrolysis) is 1. The van der Waals surface area contributed by atoms with Crippen LogP contribution in [-0.2, 0) is 18.9 Å². The molecule has 3 N–H and O–H groups in total. The number of benzene rings is 1. The largest absolute Gasteiger partial charge is 0.445 e. The van der Waals surface area contributed by atoms with Crippen molar-refractivity contribution in [3.63, 3.8) is 0 Å². The topological polar surface area (TPSA) is 106 Å². The van der Waals surface area contributed by atoms with E-state index in [4.69, 9.17) is 53.8 Å². The molecule has 2 aliphatic heterocycles. The maximum absolute atomic E-state index is 12.2. The van der Waals surface area contributed by atoms with Crippen molar-refractivity contribution in [2.24, 2.45) is 0 Å². The Hall–Kier alpha value is -1.10. The van der Waals surface area contributed by atoms with Crippen molar-refractivity contribution < 1.29 is 34.0 Å². The van der Waals surface area contributed by atoms with Gasteiger partial charge in [0.15, 0.2) is 12.1 Å². The van der Waals surface area contributed by atoms with Crippen LogP contribution in [0.3, 0.4) is 0 Å². The van der Waals surface area contributed by atoms with E-state index in [1.807, 2.05) is 30.3 Å². The Labute approximate surface area is 188 Å². The number of amides is 1. The number of rotatable bonds is 5. The molecule has 0 spiro atoms. The Morgan fingerprint density at radius 1 is 1.37 bits per heavy atom. The van der Waals surface area contributed by atoms with Gasteiger partial charge in [-0.2, -0.15) is 0 Å². The van der Waals surface area contributed by atoms with Gasteiger partial charge in [-0.3, -0.25) is 0 Å². The summed E-state index contributed by atoms with van der Waals surface area (Å²) in [6, 6.07) is 7.84. The van der Waals surface area contributed by atoms with Gasteiger partial charge in [0, 0.05) is 12.0 Å². The van der Waals surface area contributed by atoms with E-state index in [-0.39, 0.29) is 13.0 Å². The molecule has 2 aliphatic rings. The number of carbonyl (C=O) groups excluding carboxylic acids is 1. The average molecular weight is 483 g/mol. The third kappa shape index (κ3) is 5.57. The average Bonchev–Trinajstić information content (AvgIpc) is 2.70. The van der Waals surface area contributed by atoms with Gasteiger partial charge in [0.2, 0.25) is 3.79 Å². The molecule has 166 valence electrons. The van der Waals surface area contributed by atoms with Crippen LogP contribution in [0, 0.1) is 0 Å². The summed E-state index contributed by atoms with van der Waals surface area (Å²) in [4.78, 5) is 12.2. The van der Waals surface area contributed by atoms with Gasteiger partial charge < -0.3 is 34.5 Å². The van der Waals surface area contributed by atoms with Crippen LogP contribution in [0.2, 0.25) is 0 Å². The van der Waals surface area contributed by atoms with Crippen molar-refractivity contribution in [2.75, 3.05) is 13.2 Å². The van der Waals surface area contributed by atoms with Crippen molar-refractivity contribution in [1.29, 1.82) is 0 Å². The summed E-state index contributed by atoms with van der Waals surface area (Å²) >= 11 is 16.7. The molecule has 3 rings (SSSR count). The molecule has 1 amide bonds. The number of aliphatic hydroxyl groups is 2. The number of hydrogen-bond donors (Lipinski definition) is 3. The van der Waals surface area contributed by atoms with Gasteiger partial charge in [-0.25, -0.2) is 4.79 Å². The summed E-state index contributed by atoms with van der Waals surface area (Å²) in [5.74, 6) is -1.98. The zero-order valence-electron chi connectivity index (χ0n) is 15.7. The molecule has 0 aliphatic carbocycles. The lowest BCUT2D eigenvalue weighted by Crippen LogP contribution is -2.71. The monoisotopic (exact) mass is 481 g/mol. The molecule has 11 heteroatoms. The van der Waals surface area contributed by atoms with Gasteiger partial charge in [-0.1, -0.05) is 71.2 Å². The van der Waals surface area contributed by atoms with Gasteiger partial charge in [0.25, 0.3) is 0 Å². The molecule has 0 aromatic heterocycles. The molecule has 0 bridgehead atoms. The van der Waals surface area contributed by atoms with E-state index in [0.29, 0.717) is 0 Å². The molecule has 2 saturated heterocycles. The molecule has 1 aromatic carbocycles.